The van der Waals surface area contributed by atoms with Crippen molar-refractivity contribution in [3.63, 3.8) is 0 Å². The highest BCUT2D eigenvalue weighted by Gasteiger charge is 2.30. The van der Waals surface area contributed by atoms with Gasteiger partial charge in [0.05, 0.1) is 0 Å². The summed E-state index contributed by atoms with van der Waals surface area (Å²) in [6.45, 7) is 5.85. The summed E-state index contributed by atoms with van der Waals surface area (Å²) in [7, 11) is 0. The van der Waals surface area contributed by atoms with E-state index < -0.39 is 5.54 Å². The van der Waals surface area contributed by atoms with Crippen LogP contribution in [-0.4, -0.2) is 23.7 Å². The van der Waals surface area contributed by atoms with Gasteiger partial charge in [0.1, 0.15) is 17.4 Å². The van der Waals surface area contributed by atoms with Gasteiger partial charge in [0.25, 0.3) is 0 Å². The highest BCUT2D eigenvalue weighted by molar-refractivity contribution is 5.76. The molecule has 4 nitrogen and oxygen atoms in total. The van der Waals surface area contributed by atoms with Gasteiger partial charge in [0, 0.05) is 37.0 Å². The van der Waals surface area contributed by atoms with Crippen LogP contribution in [-0.2, 0) is 16.0 Å². The summed E-state index contributed by atoms with van der Waals surface area (Å²) in [5.41, 5.74) is 2.59. The maximum Gasteiger partial charge on any atom is 0.131 e. The molecule has 0 radical (unpaired) electrons. The zero-order valence-electron chi connectivity index (χ0n) is 20.8. The number of nitrogens with one attached hydrogen (secondary N) is 2. The van der Waals surface area contributed by atoms with Gasteiger partial charge < -0.3 is 10.6 Å². The number of hydrogen-bond donors (Lipinski definition) is 2. The minimum absolute atomic E-state index is 0.0992. The molecule has 0 amide bonds. The minimum Gasteiger partial charge on any atom is -0.308 e. The molecule has 0 heterocycles. The summed E-state index contributed by atoms with van der Waals surface area (Å²) in [5.74, 6) is -0.0636. The fourth-order valence-electron chi connectivity index (χ4n) is 4.49. The first kappa shape index (κ1) is 26.5. The molecule has 5 heteroatoms. The van der Waals surface area contributed by atoms with Crippen molar-refractivity contribution in [3.05, 3.63) is 107 Å². The number of carbonyl (C=O) groups excluding carboxylic acids is 2. The molecular weight excluding hydrogens is 439 g/mol. The van der Waals surface area contributed by atoms with Crippen LogP contribution in [0.1, 0.15) is 62.4 Å². The van der Waals surface area contributed by atoms with E-state index in [1.165, 1.54) is 12.1 Å². The Morgan fingerprint density at radius 2 is 1.26 bits per heavy atom. The molecular formula is C30H35FN2O2. The molecule has 0 spiro atoms. The Kier molecular flexibility index (Phi) is 9.47. The molecule has 0 aliphatic heterocycles. The lowest BCUT2D eigenvalue weighted by Gasteiger charge is -2.37. The van der Waals surface area contributed by atoms with E-state index in [2.05, 4.69) is 17.6 Å². The number of rotatable bonds is 13. The monoisotopic (exact) mass is 474 g/mol. The quantitative estimate of drug-likeness (QED) is 0.331. The van der Waals surface area contributed by atoms with Gasteiger partial charge in [-0.3, -0.25) is 9.59 Å². The standard InChI is InChI=1S/C30H35FN2O2/c1-22(34)18-28(25-10-6-4-7-11-25)32-21-30(3,20-24-14-16-27(31)17-15-24)33-29(19-23(2)35)26-12-8-5-9-13-26/h4-17,28-29,32-33H,18-21H2,1-3H3/t28-,29-,30-/m1/s1. The first-order valence-electron chi connectivity index (χ1n) is 12.1. The van der Waals surface area contributed by atoms with Gasteiger partial charge in [0.15, 0.2) is 0 Å². The Morgan fingerprint density at radius 3 is 1.77 bits per heavy atom. The van der Waals surface area contributed by atoms with Crippen LogP contribution in [0, 0.1) is 5.82 Å². The third kappa shape index (κ3) is 8.53. The largest absolute Gasteiger partial charge is 0.308 e. The van der Waals surface area contributed by atoms with E-state index in [0.717, 1.165) is 16.7 Å². The van der Waals surface area contributed by atoms with E-state index in [4.69, 9.17) is 0 Å². The van der Waals surface area contributed by atoms with Crippen molar-refractivity contribution < 1.29 is 14.0 Å². The molecule has 0 fully saturated rings. The van der Waals surface area contributed by atoms with Crippen LogP contribution in [0.25, 0.3) is 0 Å². The third-order valence-electron chi connectivity index (χ3n) is 6.16. The van der Waals surface area contributed by atoms with Gasteiger partial charge in [-0.15, -0.1) is 0 Å². The number of Topliss-reactive ketones (excluding diaryl/α,β-unsaturated/α-hetero) is 2. The van der Waals surface area contributed by atoms with Crippen molar-refractivity contribution in [2.24, 2.45) is 0 Å². The summed E-state index contributed by atoms with van der Waals surface area (Å²) >= 11 is 0. The second kappa shape index (κ2) is 12.5. The van der Waals surface area contributed by atoms with Crippen LogP contribution in [0.2, 0.25) is 0 Å². The average Bonchev–Trinajstić information content (AvgIpc) is 2.83. The molecule has 0 unspecified atom stereocenters. The molecule has 35 heavy (non-hydrogen) atoms. The van der Waals surface area contributed by atoms with E-state index in [1.807, 2.05) is 60.7 Å². The molecule has 3 rings (SSSR count). The molecule has 0 saturated heterocycles. The Balaban J connectivity index is 1.89. The number of ketones is 2. The van der Waals surface area contributed by atoms with Crippen LogP contribution in [0.4, 0.5) is 4.39 Å². The zero-order valence-corrected chi connectivity index (χ0v) is 20.8. The van der Waals surface area contributed by atoms with E-state index in [0.29, 0.717) is 25.8 Å². The third-order valence-corrected chi connectivity index (χ3v) is 6.16. The minimum atomic E-state index is -0.488. The maximum absolute atomic E-state index is 13.6. The molecule has 0 aliphatic rings. The number of benzene rings is 3. The van der Waals surface area contributed by atoms with Gasteiger partial charge >= 0.3 is 0 Å². The van der Waals surface area contributed by atoms with E-state index in [9.17, 15) is 14.0 Å². The normalized spacial score (nSPS) is 14.6. The van der Waals surface area contributed by atoms with E-state index >= 15 is 0 Å². The highest BCUT2D eigenvalue weighted by atomic mass is 19.1. The molecule has 0 aromatic heterocycles. The highest BCUT2D eigenvalue weighted by Crippen LogP contribution is 2.25. The number of hydrogen-bond acceptors (Lipinski definition) is 4. The van der Waals surface area contributed by atoms with Crippen molar-refractivity contribution in [2.75, 3.05) is 6.54 Å². The van der Waals surface area contributed by atoms with Crippen molar-refractivity contribution in [1.82, 2.24) is 10.6 Å². The molecule has 184 valence electrons. The SMILES string of the molecule is CC(=O)C[C@@H](NC[C@@](C)(Cc1ccc(F)cc1)N[C@H](CC(C)=O)c1ccccc1)c1ccccc1. The summed E-state index contributed by atoms with van der Waals surface area (Å²) in [6, 6.07) is 26.1. The molecule has 3 aromatic rings. The van der Waals surface area contributed by atoms with Crippen LogP contribution >= 0.6 is 0 Å². The van der Waals surface area contributed by atoms with Gasteiger partial charge in [0.2, 0.25) is 0 Å². The lowest BCUT2D eigenvalue weighted by Crippen LogP contribution is -2.54. The molecule has 3 atom stereocenters. The summed E-state index contributed by atoms with van der Waals surface area (Å²) in [4.78, 5) is 24.2. The van der Waals surface area contributed by atoms with Crippen molar-refractivity contribution in [3.8, 4) is 0 Å². The number of carbonyl (C=O) groups is 2. The predicted molar refractivity (Wildman–Crippen MR) is 139 cm³/mol. The molecule has 0 saturated carbocycles. The predicted octanol–water partition coefficient (Wildman–Crippen LogP) is 5.75. The fraction of sp³-hybridized carbons (Fsp3) is 0.333. The fourth-order valence-corrected chi connectivity index (χ4v) is 4.49. The van der Waals surface area contributed by atoms with Crippen LogP contribution in [0.3, 0.4) is 0 Å². The number of halogens is 1. The van der Waals surface area contributed by atoms with Crippen molar-refractivity contribution in [2.45, 2.75) is 57.7 Å². The van der Waals surface area contributed by atoms with Crippen molar-refractivity contribution in [1.29, 1.82) is 0 Å². The summed E-state index contributed by atoms with van der Waals surface area (Å²) in [5, 5.41) is 7.35. The van der Waals surface area contributed by atoms with Gasteiger partial charge in [-0.05, 0) is 56.0 Å². The summed E-state index contributed by atoms with van der Waals surface area (Å²) in [6.07, 6.45) is 1.36. The van der Waals surface area contributed by atoms with Crippen molar-refractivity contribution >= 4 is 11.6 Å². The second-order valence-electron chi connectivity index (χ2n) is 9.63. The Bertz CT molecular complexity index is 1090. The smallest absolute Gasteiger partial charge is 0.131 e. The van der Waals surface area contributed by atoms with Gasteiger partial charge in [-0.2, -0.15) is 0 Å². The Hall–Kier alpha value is -3.15. The lowest BCUT2D eigenvalue weighted by molar-refractivity contribution is -0.118. The Labute approximate surface area is 208 Å². The second-order valence-corrected chi connectivity index (χ2v) is 9.63. The van der Waals surface area contributed by atoms with E-state index in [-0.39, 0.29) is 29.5 Å². The molecule has 0 aliphatic carbocycles. The Morgan fingerprint density at radius 1 is 0.771 bits per heavy atom. The first-order valence-corrected chi connectivity index (χ1v) is 12.1. The molecule has 3 aromatic carbocycles. The van der Waals surface area contributed by atoms with Gasteiger partial charge in [-0.25, -0.2) is 4.39 Å². The lowest BCUT2D eigenvalue weighted by atomic mass is 9.88. The zero-order chi connectivity index (χ0) is 25.3. The van der Waals surface area contributed by atoms with Gasteiger partial charge in [-0.1, -0.05) is 72.8 Å². The van der Waals surface area contributed by atoms with Crippen LogP contribution in [0.5, 0.6) is 0 Å². The van der Waals surface area contributed by atoms with Crippen LogP contribution < -0.4 is 10.6 Å². The first-order chi connectivity index (χ1) is 16.7. The topological polar surface area (TPSA) is 58.2 Å². The molecule has 2 N–H and O–H groups in total. The average molecular weight is 475 g/mol. The van der Waals surface area contributed by atoms with E-state index in [1.54, 1.807) is 26.0 Å². The maximum atomic E-state index is 13.6. The van der Waals surface area contributed by atoms with Crippen LogP contribution in [0.15, 0.2) is 84.9 Å². The molecule has 0 bridgehead atoms. The summed E-state index contributed by atoms with van der Waals surface area (Å²) < 4.78 is 13.6.